The van der Waals surface area contributed by atoms with E-state index >= 15 is 0 Å². The highest BCUT2D eigenvalue weighted by atomic mass is 15.2. The van der Waals surface area contributed by atoms with Crippen LogP contribution in [0.2, 0.25) is 0 Å². The Labute approximate surface area is 94.4 Å². The van der Waals surface area contributed by atoms with E-state index in [9.17, 15) is 0 Å². The molecule has 2 fully saturated rings. The Hall–Kier alpha value is -0.0800. The quantitative estimate of drug-likeness (QED) is 0.769. The summed E-state index contributed by atoms with van der Waals surface area (Å²) < 4.78 is 0. The molecule has 1 aliphatic carbocycles. The third-order valence-electron chi connectivity index (χ3n) is 3.99. The largest absolute Gasteiger partial charge is 0.313 e. The van der Waals surface area contributed by atoms with E-state index in [1.165, 1.54) is 64.6 Å². The first-order chi connectivity index (χ1) is 7.40. The third kappa shape index (κ3) is 3.18. The van der Waals surface area contributed by atoms with Gasteiger partial charge in [-0.15, -0.1) is 0 Å². The smallest absolute Gasteiger partial charge is 0.0195 e. The topological polar surface area (TPSA) is 15.3 Å². The molecule has 0 aromatic heterocycles. The van der Waals surface area contributed by atoms with Gasteiger partial charge in [0, 0.05) is 18.6 Å². The van der Waals surface area contributed by atoms with E-state index in [1.54, 1.807) is 0 Å². The fourth-order valence-corrected chi connectivity index (χ4v) is 3.17. The van der Waals surface area contributed by atoms with Gasteiger partial charge in [-0.25, -0.2) is 0 Å². The van der Waals surface area contributed by atoms with Crippen LogP contribution in [0.15, 0.2) is 0 Å². The first-order valence-corrected chi connectivity index (χ1v) is 6.87. The highest BCUT2D eigenvalue weighted by molar-refractivity contribution is 4.83. The van der Waals surface area contributed by atoms with Crippen LogP contribution in [0.3, 0.4) is 0 Å². The molecule has 1 N–H and O–H groups in total. The van der Waals surface area contributed by atoms with Gasteiger partial charge in [-0.1, -0.05) is 26.2 Å². The third-order valence-corrected chi connectivity index (χ3v) is 3.99. The van der Waals surface area contributed by atoms with Crippen LogP contribution in [0.25, 0.3) is 0 Å². The van der Waals surface area contributed by atoms with Gasteiger partial charge < -0.3 is 5.32 Å². The zero-order valence-corrected chi connectivity index (χ0v) is 10.2. The zero-order chi connectivity index (χ0) is 10.5. The Bertz CT molecular complexity index is 175. The molecule has 2 rings (SSSR count). The molecule has 0 radical (unpaired) electrons. The summed E-state index contributed by atoms with van der Waals surface area (Å²) in [5.41, 5.74) is 0. The van der Waals surface area contributed by atoms with Gasteiger partial charge in [0.15, 0.2) is 0 Å². The van der Waals surface area contributed by atoms with Crippen LogP contribution in [0, 0.1) is 0 Å². The summed E-state index contributed by atoms with van der Waals surface area (Å²) in [6.07, 6.45) is 9.86. The molecule has 0 aromatic carbocycles. The van der Waals surface area contributed by atoms with Gasteiger partial charge in [0.25, 0.3) is 0 Å². The van der Waals surface area contributed by atoms with Gasteiger partial charge in [0.1, 0.15) is 0 Å². The lowest BCUT2D eigenvalue weighted by Crippen LogP contribution is -2.41. The van der Waals surface area contributed by atoms with Crippen molar-refractivity contribution in [1.82, 2.24) is 10.2 Å². The number of hydrogen-bond donors (Lipinski definition) is 1. The van der Waals surface area contributed by atoms with Crippen LogP contribution < -0.4 is 5.32 Å². The minimum absolute atomic E-state index is 0.762. The highest BCUT2D eigenvalue weighted by Gasteiger charge is 2.25. The van der Waals surface area contributed by atoms with E-state index in [0.29, 0.717) is 0 Å². The average molecular weight is 210 g/mol. The number of nitrogens with one attached hydrogen (secondary N) is 1. The Balaban J connectivity index is 1.86. The van der Waals surface area contributed by atoms with Crippen molar-refractivity contribution in [2.75, 3.05) is 19.6 Å². The van der Waals surface area contributed by atoms with E-state index in [4.69, 9.17) is 0 Å². The second kappa shape index (κ2) is 5.86. The minimum atomic E-state index is 0.762. The van der Waals surface area contributed by atoms with Crippen LogP contribution >= 0.6 is 0 Å². The molecule has 0 aromatic rings. The molecule has 1 atom stereocenters. The van der Waals surface area contributed by atoms with Crippen molar-refractivity contribution in [2.45, 2.75) is 64.0 Å². The molecule has 0 amide bonds. The van der Waals surface area contributed by atoms with E-state index in [1.807, 2.05) is 0 Å². The van der Waals surface area contributed by atoms with Crippen molar-refractivity contribution in [1.29, 1.82) is 0 Å². The van der Waals surface area contributed by atoms with Crippen molar-refractivity contribution < 1.29 is 0 Å². The van der Waals surface area contributed by atoms with E-state index in [2.05, 4.69) is 17.1 Å². The molecule has 1 unspecified atom stereocenters. The Morgan fingerprint density at radius 2 is 2.00 bits per heavy atom. The van der Waals surface area contributed by atoms with Crippen LogP contribution in [0.4, 0.5) is 0 Å². The maximum atomic E-state index is 3.69. The second-order valence-corrected chi connectivity index (χ2v) is 5.23. The molecule has 1 heterocycles. The van der Waals surface area contributed by atoms with E-state index < -0.39 is 0 Å². The summed E-state index contributed by atoms with van der Waals surface area (Å²) in [6, 6.07) is 1.68. The average Bonchev–Trinajstić information content (AvgIpc) is 2.67. The summed E-state index contributed by atoms with van der Waals surface area (Å²) >= 11 is 0. The van der Waals surface area contributed by atoms with Crippen molar-refractivity contribution in [3.8, 4) is 0 Å². The monoisotopic (exact) mass is 210 g/mol. The second-order valence-electron chi connectivity index (χ2n) is 5.23. The molecule has 2 aliphatic rings. The molecule has 88 valence electrons. The Morgan fingerprint density at radius 3 is 2.73 bits per heavy atom. The van der Waals surface area contributed by atoms with Crippen LogP contribution in [-0.2, 0) is 0 Å². The fourth-order valence-electron chi connectivity index (χ4n) is 3.17. The van der Waals surface area contributed by atoms with Crippen LogP contribution in [0.5, 0.6) is 0 Å². The molecule has 2 nitrogen and oxygen atoms in total. The van der Waals surface area contributed by atoms with Crippen LogP contribution in [-0.4, -0.2) is 36.6 Å². The normalized spacial score (nSPS) is 30.6. The van der Waals surface area contributed by atoms with E-state index in [-0.39, 0.29) is 0 Å². The molecule has 1 saturated heterocycles. The first kappa shape index (κ1) is 11.4. The van der Waals surface area contributed by atoms with Crippen molar-refractivity contribution in [3.05, 3.63) is 0 Å². The number of hydrogen-bond acceptors (Lipinski definition) is 2. The molecule has 1 saturated carbocycles. The lowest BCUT2D eigenvalue weighted by Gasteiger charge is -2.29. The predicted molar refractivity (Wildman–Crippen MR) is 65.1 cm³/mol. The van der Waals surface area contributed by atoms with Gasteiger partial charge >= 0.3 is 0 Å². The minimum Gasteiger partial charge on any atom is -0.313 e. The SMILES string of the molecule is CCCC1CN(C2CCCC2)CCCN1. The molecule has 0 spiro atoms. The molecular weight excluding hydrogens is 184 g/mol. The van der Waals surface area contributed by atoms with E-state index in [0.717, 1.165) is 12.1 Å². The number of rotatable bonds is 3. The number of nitrogens with zero attached hydrogens (tertiary/aromatic N) is 1. The van der Waals surface area contributed by atoms with Gasteiger partial charge in [-0.3, -0.25) is 4.90 Å². The zero-order valence-electron chi connectivity index (χ0n) is 10.2. The summed E-state index contributed by atoms with van der Waals surface area (Å²) in [5.74, 6) is 0. The maximum Gasteiger partial charge on any atom is 0.0195 e. The van der Waals surface area contributed by atoms with Gasteiger partial charge in [-0.05, 0) is 38.8 Å². The van der Waals surface area contributed by atoms with Gasteiger partial charge in [0.2, 0.25) is 0 Å². The Kier molecular flexibility index (Phi) is 4.45. The summed E-state index contributed by atoms with van der Waals surface area (Å²) in [5, 5.41) is 3.69. The maximum absolute atomic E-state index is 3.69. The first-order valence-electron chi connectivity index (χ1n) is 6.87. The molecular formula is C13H26N2. The standard InChI is InChI=1S/C13H26N2/c1-2-6-12-11-15(10-5-9-14-12)13-7-3-4-8-13/h12-14H,2-11H2,1H3. The summed E-state index contributed by atoms with van der Waals surface area (Å²) in [6.45, 7) is 6.16. The molecule has 0 bridgehead atoms. The fraction of sp³-hybridized carbons (Fsp3) is 1.00. The Morgan fingerprint density at radius 1 is 1.20 bits per heavy atom. The summed E-state index contributed by atoms with van der Waals surface area (Å²) in [4.78, 5) is 2.77. The lowest BCUT2D eigenvalue weighted by molar-refractivity contribution is 0.192. The molecule has 2 heteroatoms. The lowest BCUT2D eigenvalue weighted by atomic mass is 10.1. The highest BCUT2D eigenvalue weighted by Crippen LogP contribution is 2.24. The molecule has 15 heavy (non-hydrogen) atoms. The predicted octanol–water partition coefficient (Wildman–Crippen LogP) is 2.39. The molecule has 1 aliphatic heterocycles. The van der Waals surface area contributed by atoms with Crippen molar-refractivity contribution in [3.63, 3.8) is 0 Å². The van der Waals surface area contributed by atoms with Gasteiger partial charge in [0.05, 0.1) is 0 Å². The van der Waals surface area contributed by atoms with Crippen molar-refractivity contribution in [2.24, 2.45) is 0 Å². The van der Waals surface area contributed by atoms with Crippen LogP contribution in [0.1, 0.15) is 51.9 Å². The van der Waals surface area contributed by atoms with Gasteiger partial charge in [-0.2, -0.15) is 0 Å². The summed E-state index contributed by atoms with van der Waals surface area (Å²) in [7, 11) is 0. The van der Waals surface area contributed by atoms with Crippen molar-refractivity contribution >= 4 is 0 Å².